The van der Waals surface area contributed by atoms with Crippen LogP contribution in [0.5, 0.6) is 0 Å². The van der Waals surface area contributed by atoms with E-state index in [0.29, 0.717) is 11.5 Å². The minimum Gasteiger partial charge on any atom is -0.465 e. The summed E-state index contributed by atoms with van der Waals surface area (Å²) in [5.41, 5.74) is 6.16. The zero-order chi connectivity index (χ0) is 14.8. The van der Waals surface area contributed by atoms with E-state index in [2.05, 4.69) is 9.46 Å². The van der Waals surface area contributed by atoms with E-state index < -0.39 is 16.0 Å². The summed E-state index contributed by atoms with van der Waals surface area (Å²) in [6.07, 6.45) is 2.13. The molecule has 0 bridgehead atoms. The normalized spacial score (nSPS) is 16.7. The molecule has 1 aromatic rings. The Bertz CT molecular complexity index is 579. The van der Waals surface area contributed by atoms with Gasteiger partial charge in [0, 0.05) is 12.6 Å². The Hall–Kier alpha value is -1.44. The second kappa shape index (κ2) is 5.90. The van der Waals surface area contributed by atoms with Gasteiger partial charge in [-0.1, -0.05) is 0 Å². The van der Waals surface area contributed by atoms with Crippen LogP contribution in [0, 0.1) is 5.92 Å². The number of esters is 1. The second-order valence-corrected chi connectivity index (χ2v) is 6.64. The molecule has 110 valence electrons. The number of benzene rings is 1. The maximum absolute atomic E-state index is 12.0. The smallest absolute Gasteiger partial charge is 0.337 e. The van der Waals surface area contributed by atoms with E-state index in [-0.39, 0.29) is 17.5 Å². The highest BCUT2D eigenvalue weighted by Crippen LogP contribution is 2.31. The van der Waals surface area contributed by atoms with Crippen molar-refractivity contribution in [2.45, 2.75) is 23.8 Å². The molecule has 0 aliphatic heterocycles. The molecule has 0 spiro atoms. The lowest BCUT2D eigenvalue weighted by Crippen LogP contribution is -2.38. The van der Waals surface area contributed by atoms with E-state index in [1.165, 1.54) is 31.4 Å². The van der Waals surface area contributed by atoms with Gasteiger partial charge >= 0.3 is 5.97 Å². The average Bonchev–Trinajstić information content (AvgIpc) is 3.28. The predicted molar refractivity (Wildman–Crippen MR) is 73.7 cm³/mol. The summed E-state index contributed by atoms with van der Waals surface area (Å²) in [6, 6.07) is 5.44. The first-order valence-corrected chi connectivity index (χ1v) is 7.86. The van der Waals surface area contributed by atoms with Crippen molar-refractivity contribution >= 4 is 16.0 Å². The van der Waals surface area contributed by atoms with E-state index in [4.69, 9.17) is 5.73 Å². The summed E-state index contributed by atoms with van der Waals surface area (Å²) in [5, 5.41) is 0. The van der Waals surface area contributed by atoms with Crippen LogP contribution in [0.15, 0.2) is 29.2 Å². The molecular weight excluding hydrogens is 280 g/mol. The number of nitrogens with two attached hydrogens (primary N) is 1. The van der Waals surface area contributed by atoms with Crippen molar-refractivity contribution < 1.29 is 17.9 Å². The van der Waals surface area contributed by atoms with Gasteiger partial charge in [0.1, 0.15) is 0 Å². The summed E-state index contributed by atoms with van der Waals surface area (Å²) < 4.78 is 31.1. The van der Waals surface area contributed by atoms with E-state index in [9.17, 15) is 13.2 Å². The van der Waals surface area contributed by atoms with Gasteiger partial charge in [0.15, 0.2) is 0 Å². The number of hydrogen-bond acceptors (Lipinski definition) is 5. The third-order valence-electron chi connectivity index (χ3n) is 3.32. The SMILES string of the molecule is COC(=O)c1ccc(S(=O)(=O)NCC(N)C2CC2)cc1. The maximum atomic E-state index is 12.0. The van der Waals surface area contributed by atoms with Crippen molar-refractivity contribution in [2.24, 2.45) is 11.7 Å². The first kappa shape index (κ1) is 15.0. The molecule has 20 heavy (non-hydrogen) atoms. The van der Waals surface area contributed by atoms with Crippen molar-refractivity contribution in [3.8, 4) is 0 Å². The summed E-state index contributed by atoms with van der Waals surface area (Å²) >= 11 is 0. The quantitative estimate of drug-likeness (QED) is 0.745. The Morgan fingerprint density at radius 2 is 2.00 bits per heavy atom. The lowest BCUT2D eigenvalue weighted by Gasteiger charge is -2.12. The van der Waals surface area contributed by atoms with Crippen LogP contribution in [0.2, 0.25) is 0 Å². The number of carbonyl (C=O) groups is 1. The summed E-state index contributed by atoms with van der Waals surface area (Å²) in [6.45, 7) is 0.228. The minimum atomic E-state index is -3.59. The molecule has 1 fully saturated rings. The molecule has 0 amide bonds. The van der Waals surface area contributed by atoms with E-state index in [1.54, 1.807) is 0 Å². The molecule has 1 atom stereocenters. The van der Waals surface area contributed by atoms with Crippen LogP contribution in [0.25, 0.3) is 0 Å². The fourth-order valence-electron chi connectivity index (χ4n) is 1.87. The summed E-state index contributed by atoms with van der Waals surface area (Å²) in [7, 11) is -2.32. The lowest BCUT2D eigenvalue weighted by atomic mass is 10.2. The van der Waals surface area contributed by atoms with Crippen molar-refractivity contribution in [1.82, 2.24) is 4.72 Å². The molecule has 1 aromatic carbocycles. The lowest BCUT2D eigenvalue weighted by molar-refractivity contribution is 0.0600. The number of sulfonamides is 1. The fraction of sp³-hybridized carbons (Fsp3) is 0.462. The molecular formula is C13H18N2O4S. The zero-order valence-electron chi connectivity index (χ0n) is 11.2. The van der Waals surface area contributed by atoms with Crippen LogP contribution in [0.1, 0.15) is 23.2 Å². The van der Waals surface area contributed by atoms with E-state index >= 15 is 0 Å². The standard InChI is InChI=1S/C13H18N2O4S/c1-19-13(16)10-4-6-11(7-5-10)20(17,18)15-8-12(14)9-2-3-9/h4-7,9,12,15H,2-3,8,14H2,1H3. The minimum absolute atomic E-state index is 0.105. The monoisotopic (exact) mass is 298 g/mol. The molecule has 2 rings (SSSR count). The van der Waals surface area contributed by atoms with Crippen LogP contribution in [0.3, 0.4) is 0 Å². The molecule has 0 radical (unpaired) electrons. The van der Waals surface area contributed by atoms with Gasteiger partial charge in [-0.05, 0) is 43.0 Å². The predicted octanol–water partition coefficient (Wildman–Crippen LogP) is 0.489. The van der Waals surface area contributed by atoms with Gasteiger partial charge < -0.3 is 10.5 Å². The molecule has 1 unspecified atom stereocenters. The van der Waals surface area contributed by atoms with Crippen molar-refractivity contribution in [3.63, 3.8) is 0 Å². The first-order chi connectivity index (χ1) is 9.44. The molecule has 1 aliphatic carbocycles. The van der Waals surface area contributed by atoms with Crippen molar-refractivity contribution in [3.05, 3.63) is 29.8 Å². The summed E-state index contributed by atoms with van der Waals surface area (Å²) in [4.78, 5) is 11.4. The van der Waals surface area contributed by atoms with Crippen molar-refractivity contribution in [2.75, 3.05) is 13.7 Å². The molecule has 6 nitrogen and oxygen atoms in total. The third-order valence-corrected chi connectivity index (χ3v) is 4.76. The van der Waals surface area contributed by atoms with E-state index in [0.717, 1.165) is 12.8 Å². The Balaban J connectivity index is 2.03. The molecule has 3 N–H and O–H groups in total. The second-order valence-electron chi connectivity index (χ2n) is 4.87. The molecule has 1 aliphatic rings. The number of hydrogen-bond donors (Lipinski definition) is 2. The summed E-state index contributed by atoms with van der Waals surface area (Å²) in [5.74, 6) is -0.0722. The Labute approximate surface area is 118 Å². The number of ether oxygens (including phenoxy) is 1. The third kappa shape index (κ3) is 3.56. The van der Waals surface area contributed by atoms with Gasteiger partial charge in [-0.3, -0.25) is 0 Å². The topological polar surface area (TPSA) is 98.5 Å². The molecule has 1 saturated carbocycles. The van der Waals surface area contributed by atoms with Crippen LogP contribution >= 0.6 is 0 Å². The fourth-order valence-corrected chi connectivity index (χ4v) is 2.94. The molecule has 0 aromatic heterocycles. The van der Waals surface area contributed by atoms with Crippen LogP contribution < -0.4 is 10.5 Å². The maximum Gasteiger partial charge on any atom is 0.337 e. The van der Waals surface area contributed by atoms with Gasteiger partial charge in [0.2, 0.25) is 10.0 Å². The van der Waals surface area contributed by atoms with Crippen LogP contribution in [-0.4, -0.2) is 34.1 Å². The number of rotatable bonds is 6. The molecule has 0 heterocycles. The Morgan fingerprint density at radius 1 is 1.40 bits per heavy atom. The highest BCUT2D eigenvalue weighted by molar-refractivity contribution is 7.89. The van der Waals surface area contributed by atoms with Gasteiger partial charge in [-0.2, -0.15) is 0 Å². The van der Waals surface area contributed by atoms with Crippen molar-refractivity contribution in [1.29, 1.82) is 0 Å². The highest BCUT2D eigenvalue weighted by atomic mass is 32.2. The van der Waals surface area contributed by atoms with Crippen LogP contribution in [0.4, 0.5) is 0 Å². The first-order valence-electron chi connectivity index (χ1n) is 6.37. The molecule has 7 heteroatoms. The molecule has 0 saturated heterocycles. The van der Waals surface area contributed by atoms with E-state index in [1.807, 2.05) is 0 Å². The van der Waals surface area contributed by atoms with Gasteiger partial charge in [0.25, 0.3) is 0 Å². The van der Waals surface area contributed by atoms with Gasteiger partial charge in [-0.25, -0.2) is 17.9 Å². The van der Waals surface area contributed by atoms with Gasteiger partial charge in [0.05, 0.1) is 17.6 Å². The zero-order valence-corrected chi connectivity index (χ0v) is 12.0. The van der Waals surface area contributed by atoms with Gasteiger partial charge in [-0.15, -0.1) is 0 Å². The van der Waals surface area contributed by atoms with Crippen LogP contribution in [-0.2, 0) is 14.8 Å². The number of carbonyl (C=O) groups excluding carboxylic acids is 1. The number of nitrogens with one attached hydrogen (secondary N) is 1. The number of methoxy groups -OCH3 is 1. The highest BCUT2D eigenvalue weighted by Gasteiger charge is 2.29. The Morgan fingerprint density at radius 3 is 2.50 bits per heavy atom. The Kier molecular flexibility index (Phi) is 4.42. The average molecular weight is 298 g/mol. The largest absolute Gasteiger partial charge is 0.465 e.